The van der Waals surface area contributed by atoms with Gasteiger partial charge in [-0.25, -0.2) is 0 Å². The summed E-state index contributed by atoms with van der Waals surface area (Å²) in [5, 5.41) is 0. The number of rotatable bonds is 0. The van der Waals surface area contributed by atoms with Gasteiger partial charge < -0.3 is 4.90 Å². The van der Waals surface area contributed by atoms with Crippen molar-refractivity contribution in [2.75, 3.05) is 18.0 Å². The fourth-order valence-corrected chi connectivity index (χ4v) is 2.76. The first kappa shape index (κ1) is 11.5. The molecule has 0 saturated heterocycles. The maximum absolute atomic E-state index is 4.64. The molecule has 2 aliphatic heterocycles. The lowest BCUT2D eigenvalue weighted by molar-refractivity contribution is 1.02. The van der Waals surface area contributed by atoms with Gasteiger partial charge in [0.05, 0.1) is 12.2 Å². The summed E-state index contributed by atoms with van der Waals surface area (Å²) < 4.78 is 0. The predicted octanol–water partition coefficient (Wildman–Crippen LogP) is 3.51. The summed E-state index contributed by atoms with van der Waals surface area (Å²) in [5.74, 6) is 1.14. The topological polar surface area (TPSA) is 15.6 Å². The number of benzene rings is 2. The van der Waals surface area contributed by atoms with E-state index in [9.17, 15) is 0 Å². The van der Waals surface area contributed by atoms with Crippen LogP contribution in [0.15, 0.2) is 53.5 Å². The molecule has 90 valence electrons. The molecule has 0 aromatic heterocycles. The van der Waals surface area contributed by atoms with Gasteiger partial charge >= 0.3 is 0 Å². The van der Waals surface area contributed by atoms with Gasteiger partial charge in [0.1, 0.15) is 5.84 Å². The Labute approximate surface area is 117 Å². The summed E-state index contributed by atoms with van der Waals surface area (Å²) in [5.41, 5.74) is 5.19. The highest BCUT2D eigenvalue weighted by molar-refractivity contribution is 8.93. The van der Waals surface area contributed by atoms with Crippen molar-refractivity contribution < 1.29 is 0 Å². The normalized spacial score (nSPS) is 15.1. The lowest BCUT2D eigenvalue weighted by atomic mass is 9.93. The fourth-order valence-electron chi connectivity index (χ4n) is 2.76. The van der Waals surface area contributed by atoms with Crippen molar-refractivity contribution in [1.82, 2.24) is 0 Å². The number of anilines is 1. The zero-order valence-corrected chi connectivity index (χ0v) is 11.5. The molecule has 3 heteroatoms. The molecule has 0 N–H and O–H groups in total. The van der Waals surface area contributed by atoms with Gasteiger partial charge in [0.25, 0.3) is 0 Å². The van der Waals surface area contributed by atoms with E-state index in [0.717, 1.165) is 18.9 Å². The van der Waals surface area contributed by atoms with Crippen LogP contribution < -0.4 is 4.90 Å². The van der Waals surface area contributed by atoms with Crippen molar-refractivity contribution >= 4 is 28.5 Å². The van der Waals surface area contributed by atoms with Gasteiger partial charge in [0, 0.05) is 17.7 Å². The van der Waals surface area contributed by atoms with Crippen LogP contribution >= 0.6 is 17.0 Å². The van der Waals surface area contributed by atoms with Crippen LogP contribution in [0.25, 0.3) is 11.1 Å². The van der Waals surface area contributed by atoms with Crippen LogP contribution in [0.2, 0.25) is 0 Å². The number of hydrogen-bond donors (Lipinski definition) is 0. The molecular formula is C15H13BrN2. The van der Waals surface area contributed by atoms with E-state index in [4.69, 9.17) is 0 Å². The second kappa shape index (κ2) is 4.25. The zero-order valence-electron chi connectivity index (χ0n) is 9.84. The minimum absolute atomic E-state index is 0. The lowest BCUT2D eigenvalue weighted by Gasteiger charge is -2.29. The predicted molar refractivity (Wildman–Crippen MR) is 81.0 cm³/mol. The molecule has 0 radical (unpaired) electrons. The number of halogens is 1. The number of amidine groups is 1. The highest BCUT2D eigenvalue weighted by Gasteiger charge is 2.29. The Morgan fingerprint density at radius 1 is 0.833 bits per heavy atom. The summed E-state index contributed by atoms with van der Waals surface area (Å²) in [7, 11) is 0. The van der Waals surface area contributed by atoms with Gasteiger partial charge in [-0.15, -0.1) is 17.0 Å². The summed E-state index contributed by atoms with van der Waals surface area (Å²) in [4.78, 5) is 6.97. The maximum atomic E-state index is 4.64. The third-order valence-electron chi connectivity index (χ3n) is 3.49. The molecular weight excluding hydrogens is 288 g/mol. The van der Waals surface area contributed by atoms with E-state index in [-0.39, 0.29) is 17.0 Å². The molecule has 0 amide bonds. The van der Waals surface area contributed by atoms with Crippen molar-refractivity contribution in [2.45, 2.75) is 0 Å². The number of fused-ring (bicyclic) bond motifs is 6. The van der Waals surface area contributed by atoms with E-state index in [0.29, 0.717) is 0 Å². The monoisotopic (exact) mass is 300 g/mol. The lowest BCUT2D eigenvalue weighted by Crippen LogP contribution is -2.31. The quantitative estimate of drug-likeness (QED) is 0.727. The SMILES string of the molecule is Br.c1ccc2c(c1)C1=NCCN1c1ccccc1-2. The standard InChI is InChI=1S/C15H12N2.BrH/c1-2-7-13-11(5-1)12-6-3-4-8-14(12)17-10-9-16-15(13)17;/h1-8H,9-10H2;1H. The zero-order chi connectivity index (χ0) is 11.2. The Bertz CT molecular complexity index is 634. The molecule has 2 heterocycles. The van der Waals surface area contributed by atoms with E-state index < -0.39 is 0 Å². The molecule has 0 bridgehead atoms. The van der Waals surface area contributed by atoms with Crippen LogP contribution in [0.5, 0.6) is 0 Å². The first-order chi connectivity index (χ1) is 8.45. The van der Waals surface area contributed by atoms with Crippen LogP contribution in [-0.4, -0.2) is 18.9 Å². The summed E-state index contributed by atoms with van der Waals surface area (Å²) in [6, 6.07) is 17.1. The first-order valence-electron chi connectivity index (χ1n) is 5.96. The highest BCUT2D eigenvalue weighted by atomic mass is 79.9. The van der Waals surface area contributed by atoms with Crippen LogP contribution in [0.4, 0.5) is 5.69 Å². The minimum atomic E-state index is 0. The van der Waals surface area contributed by atoms with Gasteiger partial charge in [-0.2, -0.15) is 0 Å². The molecule has 2 aliphatic rings. The summed E-state index contributed by atoms with van der Waals surface area (Å²) in [6.07, 6.45) is 0. The Balaban J connectivity index is 0.000001000. The van der Waals surface area contributed by atoms with E-state index >= 15 is 0 Å². The average molecular weight is 301 g/mol. The molecule has 0 spiro atoms. The molecule has 0 saturated carbocycles. The van der Waals surface area contributed by atoms with Crippen LogP contribution in [-0.2, 0) is 0 Å². The first-order valence-corrected chi connectivity index (χ1v) is 5.96. The third kappa shape index (κ3) is 1.44. The molecule has 0 fully saturated rings. The Morgan fingerprint density at radius 2 is 1.50 bits per heavy atom. The minimum Gasteiger partial charge on any atom is -0.324 e. The van der Waals surface area contributed by atoms with E-state index in [2.05, 4.69) is 58.4 Å². The van der Waals surface area contributed by atoms with Crippen LogP contribution in [0.3, 0.4) is 0 Å². The highest BCUT2D eigenvalue weighted by Crippen LogP contribution is 2.39. The van der Waals surface area contributed by atoms with Crippen molar-refractivity contribution in [2.24, 2.45) is 4.99 Å². The van der Waals surface area contributed by atoms with Crippen molar-refractivity contribution in [1.29, 1.82) is 0 Å². The largest absolute Gasteiger partial charge is 0.324 e. The molecule has 0 aliphatic carbocycles. The number of para-hydroxylation sites is 1. The van der Waals surface area contributed by atoms with Crippen molar-refractivity contribution in [3.63, 3.8) is 0 Å². The van der Waals surface area contributed by atoms with Gasteiger partial charge in [-0.05, 0) is 11.6 Å². The smallest absolute Gasteiger partial charge is 0.136 e. The van der Waals surface area contributed by atoms with Crippen molar-refractivity contribution in [3.8, 4) is 11.1 Å². The Hall–Kier alpha value is -1.61. The molecule has 0 unspecified atom stereocenters. The maximum Gasteiger partial charge on any atom is 0.136 e. The summed E-state index contributed by atoms with van der Waals surface area (Å²) >= 11 is 0. The van der Waals surface area contributed by atoms with Crippen LogP contribution in [0.1, 0.15) is 5.56 Å². The molecule has 4 rings (SSSR count). The molecule has 0 atom stereocenters. The van der Waals surface area contributed by atoms with Gasteiger partial charge in [-0.1, -0.05) is 42.5 Å². The number of nitrogens with zero attached hydrogens (tertiary/aromatic N) is 2. The fraction of sp³-hybridized carbons (Fsp3) is 0.133. The van der Waals surface area contributed by atoms with Crippen LogP contribution in [0, 0.1) is 0 Å². The third-order valence-corrected chi connectivity index (χ3v) is 3.49. The second-order valence-corrected chi connectivity index (χ2v) is 4.42. The number of aliphatic imine (C=N–C) groups is 1. The Kier molecular flexibility index (Phi) is 2.71. The van der Waals surface area contributed by atoms with Gasteiger partial charge in [0.15, 0.2) is 0 Å². The average Bonchev–Trinajstić information content (AvgIpc) is 2.89. The van der Waals surface area contributed by atoms with Gasteiger partial charge in [0.2, 0.25) is 0 Å². The van der Waals surface area contributed by atoms with E-state index in [1.807, 2.05) is 0 Å². The molecule has 2 aromatic carbocycles. The molecule has 2 aromatic rings. The van der Waals surface area contributed by atoms with Gasteiger partial charge in [-0.3, -0.25) is 4.99 Å². The molecule has 2 nitrogen and oxygen atoms in total. The summed E-state index contributed by atoms with van der Waals surface area (Å²) in [6.45, 7) is 1.90. The second-order valence-electron chi connectivity index (χ2n) is 4.42. The number of hydrogen-bond acceptors (Lipinski definition) is 2. The molecule has 18 heavy (non-hydrogen) atoms. The van der Waals surface area contributed by atoms with E-state index in [1.54, 1.807) is 0 Å². The Morgan fingerprint density at radius 3 is 2.33 bits per heavy atom. The van der Waals surface area contributed by atoms with E-state index in [1.165, 1.54) is 22.4 Å². The van der Waals surface area contributed by atoms with Crippen molar-refractivity contribution in [3.05, 3.63) is 54.1 Å².